The lowest BCUT2D eigenvalue weighted by Crippen LogP contribution is -2.00. The highest BCUT2D eigenvalue weighted by atomic mass is 19.2. The van der Waals surface area contributed by atoms with Crippen LogP contribution in [0.1, 0.15) is 24.5 Å². The van der Waals surface area contributed by atoms with Gasteiger partial charge in [0.1, 0.15) is 0 Å². The molecule has 2 rings (SSSR count). The molecule has 106 valence electrons. The zero-order valence-electron chi connectivity index (χ0n) is 11.2. The summed E-state index contributed by atoms with van der Waals surface area (Å²) in [7, 11) is 0. The van der Waals surface area contributed by atoms with Crippen LogP contribution in [0, 0.1) is 30.2 Å². The third-order valence-electron chi connectivity index (χ3n) is 3.25. The molecule has 2 aromatic carbocycles. The first-order chi connectivity index (χ1) is 9.47. The van der Waals surface area contributed by atoms with Gasteiger partial charge in [-0.2, -0.15) is 0 Å². The Bertz CT molecular complexity index is 647. The molecule has 0 aliphatic carbocycles. The van der Waals surface area contributed by atoms with E-state index in [1.165, 1.54) is 31.2 Å². The molecule has 0 amide bonds. The molecule has 4 heteroatoms. The summed E-state index contributed by atoms with van der Waals surface area (Å²) in [5.41, 5.74) is -0.178. The Kier molecular flexibility index (Phi) is 4.12. The summed E-state index contributed by atoms with van der Waals surface area (Å²) < 4.78 is 55.2. The summed E-state index contributed by atoms with van der Waals surface area (Å²) in [6, 6.07) is 5.29. The second-order valence-corrected chi connectivity index (χ2v) is 4.71. The van der Waals surface area contributed by atoms with E-state index in [4.69, 9.17) is 0 Å². The van der Waals surface area contributed by atoms with Gasteiger partial charge in [0.25, 0.3) is 0 Å². The van der Waals surface area contributed by atoms with Crippen molar-refractivity contribution in [2.75, 3.05) is 0 Å². The van der Waals surface area contributed by atoms with E-state index >= 15 is 0 Å². The van der Waals surface area contributed by atoms with Gasteiger partial charge in [-0.1, -0.05) is 37.6 Å². The zero-order chi connectivity index (χ0) is 14.9. The summed E-state index contributed by atoms with van der Waals surface area (Å²) in [5.74, 6) is -4.34. The monoisotopic (exact) mass is 282 g/mol. The van der Waals surface area contributed by atoms with Crippen molar-refractivity contribution in [2.24, 2.45) is 0 Å². The Balaban J connectivity index is 2.60. The van der Waals surface area contributed by atoms with E-state index in [0.29, 0.717) is 12.8 Å². The maximum atomic E-state index is 14.0. The Morgan fingerprint density at radius 2 is 1.30 bits per heavy atom. The number of halogens is 4. The molecule has 2 aromatic rings. The van der Waals surface area contributed by atoms with E-state index in [0.717, 1.165) is 0 Å². The second-order valence-electron chi connectivity index (χ2n) is 4.71. The lowest BCUT2D eigenvalue weighted by Gasteiger charge is -2.10. The minimum absolute atomic E-state index is 0.120. The van der Waals surface area contributed by atoms with Gasteiger partial charge in [-0.25, -0.2) is 17.6 Å². The minimum Gasteiger partial charge on any atom is -0.203 e. The number of hydrogen-bond donors (Lipinski definition) is 0. The highest BCUT2D eigenvalue weighted by Gasteiger charge is 2.19. The van der Waals surface area contributed by atoms with Gasteiger partial charge >= 0.3 is 0 Å². The lowest BCUT2D eigenvalue weighted by atomic mass is 9.99. The van der Waals surface area contributed by atoms with Crippen LogP contribution in [-0.4, -0.2) is 0 Å². The summed E-state index contributed by atoms with van der Waals surface area (Å²) in [5, 5.41) is 0. The number of aryl methyl sites for hydroxylation is 2. The van der Waals surface area contributed by atoms with Crippen LogP contribution in [0.25, 0.3) is 11.1 Å². The third kappa shape index (κ3) is 2.42. The summed E-state index contributed by atoms with van der Waals surface area (Å²) >= 11 is 0. The fraction of sp³-hybridized carbons (Fsp3) is 0.250. The first-order valence-corrected chi connectivity index (χ1v) is 6.39. The van der Waals surface area contributed by atoms with E-state index < -0.39 is 23.3 Å². The van der Waals surface area contributed by atoms with Crippen LogP contribution in [0.4, 0.5) is 17.6 Å². The fourth-order valence-electron chi connectivity index (χ4n) is 2.11. The summed E-state index contributed by atoms with van der Waals surface area (Å²) in [4.78, 5) is 0. The number of rotatable bonds is 3. The van der Waals surface area contributed by atoms with Gasteiger partial charge < -0.3 is 0 Å². The largest absolute Gasteiger partial charge is 0.203 e. The molecule has 0 aliphatic rings. The van der Waals surface area contributed by atoms with Gasteiger partial charge in [0.05, 0.1) is 0 Å². The molecule has 0 fully saturated rings. The molecule has 0 spiro atoms. The highest BCUT2D eigenvalue weighted by Crippen LogP contribution is 2.30. The molecule has 0 aliphatic heterocycles. The molecule has 0 bridgehead atoms. The predicted octanol–water partition coefficient (Wildman–Crippen LogP) is 5.17. The van der Waals surface area contributed by atoms with Gasteiger partial charge in [0.2, 0.25) is 0 Å². The minimum atomic E-state index is -1.16. The van der Waals surface area contributed by atoms with Crippen molar-refractivity contribution >= 4 is 0 Å². The van der Waals surface area contributed by atoms with Crippen LogP contribution in [0.2, 0.25) is 0 Å². The van der Waals surface area contributed by atoms with Gasteiger partial charge in [0, 0.05) is 11.1 Å². The van der Waals surface area contributed by atoms with Gasteiger partial charge in [-0.15, -0.1) is 0 Å². The van der Waals surface area contributed by atoms with Crippen molar-refractivity contribution in [1.82, 2.24) is 0 Å². The van der Waals surface area contributed by atoms with Crippen LogP contribution in [-0.2, 0) is 6.42 Å². The van der Waals surface area contributed by atoms with E-state index in [9.17, 15) is 17.6 Å². The summed E-state index contributed by atoms with van der Waals surface area (Å²) in [6.07, 6.45) is 1.07. The van der Waals surface area contributed by atoms with Crippen molar-refractivity contribution in [3.05, 3.63) is 58.7 Å². The average Bonchev–Trinajstić information content (AvgIpc) is 2.43. The highest BCUT2D eigenvalue weighted by molar-refractivity contribution is 5.66. The molecule has 0 aromatic heterocycles. The molecule has 0 radical (unpaired) electrons. The molecule has 0 heterocycles. The molecular formula is C16H14F4. The Labute approximate surface area is 115 Å². The Hall–Kier alpha value is -1.84. The molecule has 20 heavy (non-hydrogen) atoms. The van der Waals surface area contributed by atoms with Crippen LogP contribution >= 0.6 is 0 Å². The molecule has 0 nitrogen and oxygen atoms in total. The van der Waals surface area contributed by atoms with Gasteiger partial charge in [-0.05, 0) is 24.5 Å². The second kappa shape index (κ2) is 5.65. The first kappa shape index (κ1) is 14.6. The predicted molar refractivity (Wildman–Crippen MR) is 70.4 cm³/mol. The maximum absolute atomic E-state index is 14.0. The van der Waals surface area contributed by atoms with Crippen molar-refractivity contribution < 1.29 is 17.6 Å². The van der Waals surface area contributed by atoms with Crippen molar-refractivity contribution in [3.8, 4) is 11.1 Å². The van der Waals surface area contributed by atoms with Crippen LogP contribution in [0.5, 0.6) is 0 Å². The van der Waals surface area contributed by atoms with Crippen LogP contribution in [0.15, 0.2) is 24.3 Å². The SMILES string of the molecule is CCCc1ccc(-c2ccc(C)c(F)c2F)c(F)c1F. The quantitative estimate of drug-likeness (QED) is 0.681. The van der Waals surface area contributed by atoms with Gasteiger partial charge in [-0.3, -0.25) is 0 Å². The molecule has 0 saturated carbocycles. The Morgan fingerprint density at radius 1 is 0.750 bits per heavy atom. The number of hydrogen-bond acceptors (Lipinski definition) is 0. The molecule has 0 atom stereocenters. The van der Waals surface area contributed by atoms with E-state index in [1.54, 1.807) is 0 Å². The smallest absolute Gasteiger partial charge is 0.167 e. The molecule has 0 saturated heterocycles. The fourth-order valence-corrected chi connectivity index (χ4v) is 2.11. The van der Waals surface area contributed by atoms with Crippen LogP contribution < -0.4 is 0 Å². The third-order valence-corrected chi connectivity index (χ3v) is 3.25. The van der Waals surface area contributed by atoms with Crippen LogP contribution in [0.3, 0.4) is 0 Å². The average molecular weight is 282 g/mol. The normalized spacial score (nSPS) is 10.9. The number of benzene rings is 2. The zero-order valence-corrected chi connectivity index (χ0v) is 11.2. The van der Waals surface area contributed by atoms with Crippen molar-refractivity contribution in [2.45, 2.75) is 26.7 Å². The first-order valence-electron chi connectivity index (χ1n) is 6.39. The standard InChI is InChI=1S/C16H14F4/c1-3-4-10-6-8-12(16(20)14(10)18)11-7-5-9(2)13(17)15(11)19/h5-8H,3-4H2,1-2H3. The maximum Gasteiger partial charge on any atom is 0.167 e. The van der Waals surface area contributed by atoms with Gasteiger partial charge in [0.15, 0.2) is 23.3 Å². The van der Waals surface area contributed by atoms with Crippen molar-refractivity contribution in [3.63, 3.8) is 0 Å². The topological polar surface area (TPSA) is 0 Å². The van der Waals surface area contributed by atoms with Crippen molar-refractivity contribution in [1.29, 1.82) is 0 Å². The molecule has 0 N–H and O–H groups in total. The van der Waals surface area contributed by atoms with E-state index in [-0.39, 0.29) is 22.3 Å². The summed E-state index contributed by atoms with van der Waals surface area (Å²) in [6.45, 7) is 3.25. The molecule has 0 unspecified atom stereocenters. The van der Waals surface area contributed by atoms with E-state index in [1.807, 2.05) is 6.92 Å². The Morgan fingerprint density at radius 3 is 1.90 bits per heavy atom. The lowest BCUT2D eigenvalue weighted by molar-refractivity contribution is 0.493. The molecular weight excluding hydrogens is 268 g/mol. The van der Waals surface area contributed by atoms with E-state index in [2.05, 4.69) is 0 Å².